The van der Waals surface area contributed by atoms with Gasteiger partial charge in [0.05, 0.1) is 13.2 Å². The van der Waals surface area contributed by atoms with E-state index in [1.165, 1.54) is 20.9 Å². The van der Waals surface area contributed by atoms with E-state index in [0.717, 1.165) is 25.7 Å². The van der Waals surface area contributed by atoms with Gasteiger partial charge in [-0.15, -0.1) is 11.3 Å². The summed E-state index contributed by atoms with van der Waals surface area (Å²) in [6.07, 6.45) is 0. The Hall–Kier alpha value is -1.85. The van der Waals surface area contributed by atoms with Gasteiger partial charge in [-0.05, 0) is 37.1 Å². The van der Waals surface area contributed by atoms with Crippen molar-refractivity contribution in [3.05, 3.63) is 57.3 Å². The first-order chi connectivity index (χ1) is 11.2. The van der Waals surface area contributed by atoms with E-state index in [-0.39, 0.29) is 0 Å². The highest BCUT2D eigenvalue weighted by molar-refractivity contribution is 7.11. The molecule has 0 saturated carbocycles. The van der Waals surface area contributed by atoms with Gasteiger partial charge in [0.1, 0.15) is 0 Å². The number of aryl methyl sites for hydroxylation is 1. The maximum Gasteiger partial charge on any atom is 0.191 e. The average Bonchev–Trinajstić information content (AvgIpc) is 2.99. The van der Waals surface area contributed by atoms with Crippen LogP contribution in [0.5, 0.6) is 0 Å². The summed E-state index contributed by atoms with van der Waals surface area (Å²) >= 11 is 1.81. The molecule has 0 saturated heterocycles. The zero-order valence-electron chi connectivity index (χ0n) is 14.1. The molecule has 5 heteroatoms. The SMILES string of the molecule is CCOCc1ccc(CNC(=NC)NCc2ccc(C)s2)cc1. The van der Waals surface area contributed by atoms with Crippen molar-refractivity contribution < 1.29 is 4.74 Å². The molecule has 0 aliphatic heterocycles. The first-order valence-electron chi connectivity index (χ1n) is 7.86. The Bertz CT molecular complexity index is 619. The highest BCUT2D eigenvalue weighted by Crippen LogP contribution is 2.14. The molecule has 0 unspecified atom stereocenters. The zero-order chi connectivity index (χ0) is 16.5. The van der Waals surface area contributed by atoms with Crippen LogP contribution in [0.2, 0.25) is 0 Å². The van der Waals surface area contributed by atoms with Crippen LogP contribution in [0.4, 0.5) is 0 Å². The number of ether oxygens (including phenoxy) is 1. The van der Waals surface area contributed by atoms with Gasteiger partial charge >= 0.3 is 0 Å². The molecule has 2 N–H and O–H groups in total. The summed E-state index contributed by atoms with van der Waals surface area (Å²) in [6, 6.07) is 12.8. The number of hydrogen-bond acceptors (Lipinski definition) is 3. The van der Waals surface area contributed by atoms with Crippen molar-refractivity contribution in [3.8, 4) is 0 Å². The van der Waals surface area contributed by atoms with E-state index in [1.807, 2.05) is 6.92 Å². The Morgan fingerprint density at radius 1 is 1.04 bits per heavy atom. The lowest BCUT2D eigenvalue weighted by atomic mass is 10.1. The summed E-state index contributed by atoms with van der Waals surface area (Å²) in [4.78, 5) is 6.90. The molecule has 124 valence electrons. The van der Waals surface area contributed by atoms with Crippen molar-refractivity contribution in [3.63, 3.8) is 0 Å². The van der Waals surface area contributed by atoms with Crippen LogP contribution < -0.4 is 10.6 Å². The minimum absolute atomic E-state index is 0.674. The van der Waals surface area contributed by atoms with Gasteiger partial charge in [-0.1, -0.05) is 24.3 Å². The molecule has 1 aromatic heterocycles. The van der Waals surface area contributed by atoms with Crippen LogP contribution in [-0.2, 0) is 24.4 Å². The smallest absolute Gasteiger partial charge is 0.191 e. The van der Waals surface area contributed by atoms with Crippen molar-refractivity contribution in [2.45, 2.75) is 33.5 Å². The molecular weight excluding hydrogens is 306 g/mol. The highest BCUT2D eigenvalue weighted by Gasteiger charge is 2.01. The van der Waals surface area contributed by atoms with E-state index in [1.54, 1.807) is 18.4 Å². The lowest BCUT2D eigenvalue weighted by molar-refractivity contribution is 0.134. The van der Waals surface area contributed by atoms with Gasteiger partial charge in [0.25, 0.3) is 0 Å². The number of guanidine groups is 1. The molecule has 0 atom stereocenters. The number of rotatable bonds is 7. The van der Waals surface area contributed by atoms with E-state index in [2.05, 4.69) is 58.9 Å². The highest BCUT2D eigenvalue weighted by atomic mass is 32.1. The zero-order valence-corrected chi connectivity index (χ0v) is 14.9. The average molecular weight is 331 g/mol. The van der Waals surface area contributed by atoms with Crippen LogP contribution in [0, 0.1) is 6.92 Å². The molecule has 0 aliphatic carbocycles. The number of hydrogen-bond donors (Lipinski definition) is 2. The molecular formula is C18H25N3OS. The Kier molecular flexibility index (Phi) is 7.10. The first kappa shape index (κ1) is 17.5. The fraction of sp³-hybridized carbons (Fsp3) is 0.389. The van der Waals surface area contributed by atoms with Crippen molar-refractivity contribution in [2.75, 3.05) is 13.7 Å². The molecule has 2 rings (SSSR count). The Morgan fingerprint density at radius 3 is 2.35 bits per heavy atom. The van der Waals surface area contributed by atoms with E-state index in [9.17, 15) is 0 Å². The van der Waals surface area contributed by atoms with Gasteiger partial charge in [-0.3, -0.25) is 4.99 Å². The largest absolute Gasteiger partial charge is 0.377 e. The Labute approximate surface area is 142 Å². The van der Waals surface area contributed by atoms with Crippen molar-refractivity contribution in [1.82, 2.24) is 10.6 Å². The number of thiophene rings is 1. The minimum Gasteiger partial charge on any atom is -0.377 e. The van der Waals surface area contributed by atoms with Crippen molar-refractivity contribution in [1.29, 1.82) is 0 Å². The fourth-order valence-electron chi connectivity index (χ4n) is 2.13. The molecule has 2 aromatic rings. The van der Waals surface area contributed by atoms with Gasteiger partial charge in [0.15, 0.2) is 5.96 Å². The summed E-state index contributed by atoms with van der Waals surface area (Å²) in [5, 5.41) is 6.68. The molecule has 1 aromatic carbocycles. The predicted molar refractivity (Wildman–Crippen MR) is 97.9 cm³/mol. The third-order valence-corrected chi connectivity index (χ3v) is 4.41. The van der Waals surface area contributed by atoms with Crippen LogP contribution in [0.1, 0.15) is 27.8 Å². The summed E-state index contributed by atoms with van der Waals surface area (Å²) < 4.78 is 5.41. The van der Waals surface area contributed by atoms with Crippen LogP contribution in [0.15, 0.2) is 41.4 Å². The van der Waals surface area contributed by atoms with Crippen LogP contribution >= 0.6 is 11.3 Å². The third-order valence-electron chi connectivity index (χ3n) is 3.41. The molecule has 0 spiro atoms. The Morgan fingerprint density at radius 2 is 1.74 bits per heavy atom. The van der Waals surface area contributed by atoms with Gasteiger partial charge in [0, 0.05) is 30.0 Å². The normalized spacial score (nSPS) is 11.5. The van der Waals surface area contributed by atoms with Gasteiger partial charge in [0.2, 0.25) is 0 Å². The van der Waals surface area contributed by atoms with E-state index < -0.39 is 0 Å². The maximum absolute atomic E-state index is 5.41. The number of benzene rings is 1. The van der Waals surface area contributed by atoms with Crippen molar-refractivity contribution >= 4 is 17.3 Å². The fourth-order valence-corrected chi connectivity index (χ4v) is 2.96. The molecule has 0 amide bonds. The quantitative estimate of drug-likeness (QED) is 0.603. The van der Waals surface area contributed by atoms with Gasteiger partial charge < -0.3 is 15.4 Å². The predicted octanol–water partition coefficient (Wildman–Crippen LogP) is 3.46. The van der Waals surface area contributed by atoms with Gasteiger partial charge in [-0.25, -0.2) is 0 Å². The first-order valence-corrected chi connectivity index (χ1v) is 8.68. The number of nitrogens with one attached hydrogen (secondary N) is 2. The van der Waals surface area contributed by atoms with E-state index in [0.29, 0.717) is 6.61 Å². The number of nitrogens with zero attached hydrogens (tertiary/aromatic N) is 1. The summed E-state index contributed by atoms with van der Waals surface area (Å²) in [6.45, 7) is 7.09. The second-order valence-corrected chi connectivity index (χ2v) is 6.62. The molecule has 4 nitrogen and oxygen atoms in total. The van der Waals surface area contributed by atoms with Crippen LogP contribution in [-0.4, -0.2) is 19.6 Å². The van der Waals surface area contributed by atoms with Gasteiger partial charge in [-0.2, -0.15) is 0 Å². The summed E-state index contributed by atoms with van der Waals surface area (Å²) in [5.41, 5.74) is 2.42. The molecule has 0 bridgehead atoms. The Balaban J connectivity index is 1.78. The summed E-state index contributed by atoms with van der Waals surface area (Å²) in [5.74, 6) is 0.814. The van der Waals surface area contributed by atoms with E-state index in [4.69, 9.17) is 4.74 Å². The second kappa shape index (κ2) is 9.33. The molecule has 0 radical (unpaired) electrons. The second-order valence-electron chi connectivity index (χ2n) is 5.25. The topological polar surface area (TPSA) is 45.6 Å². The lowest BCUT2D eigenvalue weighted by Gasteiger charge is -2.11. The summed E-state index contributed by atoms with van der Waals surface area (Å²) in [7, 11) is 1.79. The molecule has 23 heavy (non-hydrogen) atoms. The third kappa shape index (κ3) is 6.04. The van der Waals surface area contributed by atoms with Crippen LogP contribution in [0.25, 0.3) is 0 Å². The van der Waals surface area contributed by atoms with Crippen molar-refractivity contribution in [2.24, 2.45) is 4.99 Å². The maximum atomic E-state index is 5.41. The molecule has 0 fully saturated rings. The standard InChI is InChI=1S/C18H25N3OS/c1-4-22-13-16-8-6-15(7-9-16)11-20-18(19-3)21-12-17-10-5-14(2)23-17/h5-10H,4,11-13H2,1-3H3,(H2,19,20,21). The molecule has 1 heterocycles. The van der Waals surface area contributed by atoms with Crippen LogP contribution in [0.3, 0.4) is 0 Å². The monoisotopic (exact) mass is 331 g/mol. The number of aliphatic imine (C=N–C) groups is 1. The molecule has 0 aliphatic rings. The minimum atomic E-state index is 0.674. The van der Waals surface area contributed by atoms with E-state index >= 15 is 0 Å². The lowest BCUT2D eigenvalue weighted by Crippen LogP contribution is -2.36.